The summed E-state index contributed by atoms with van der Waals surface area (Å²) in [7, 11) is 0. The zero-order valence-electron chi connectivity index (χ0n) is 9.86. The molecule has 0 aliphatic heterocycles. The minimum atomic E-state index is -0.389. The average molecular weight is 266 g/mol. The molecule has 2 N–H and O–H groups in total. The van der Waals surface area contributed by atoms with E-state index in [9.17, 15) is 4.39 Å². The van der Waals surface area contributed by atoms with Gasteiger partial charge >= 0.3 is 0 Å². The molecule has 0 amide bonds. The van der Waals surface area contributed by atoms with Gasteiger partial charge in [0, 0.05) is 6.04 Å². The van der Waals surface area contributed by atoms with E-state index < -0.39 is 0 Å². The summed E-state index contributed by atoms with van der Waals surface area (Å²) >= 11 is 5.88. The molecule has 0 unspecified atom stereocenters. The lowest BCUT2D eigenvalue weighted by molar-refractivity contribution is 0.480. The van der Waals surface area contributed by atoms with Gasteiger partial charge in [0.05, 0.1) is 5.02 Å². The fraction of sp³-hybridized carbons (Fsp3) is 0.143. The van der Waals surface area contributed by atoms with Crippen LogP contribution in [0.2, 0.25) is 5.02 Å². The SMILES string of the molecule is C[C@@H](N)c1ccc(Oc2ccc(F)cc2Cl)cc1. The first-order valence-corrected chi connectivity index (χ1v) is 5.92. The van der Waals surface area contributed by atoms with Crippen LogP contribution in [-0.2, 0) is 0 Å². The standard InChI is InChI=1S/C14H13ClFNO/c1-9(17)10-2-5-12(6-3-10)18-14-7-4-11(16)8-13(14)15/h2-9H,17H2,1H3/t9-/m1/s1. The second kappa shape index (κ2) is 5.38. The van der Waals surface area contributed by atoms with E-state index >= 15 is 0 Å². The molecule has 2 nitrogen and oxygen atoms in total. The Bertz CT molecular complexity index is 540. The number of nitrogens with two attached hydrogens (primary N) is 1. The van der Waals surface area contributed by atoms with Gasteiger partial charge in [-0.25, -0.2) is 4.39 Å². The van der Waals surface area contributed by atoms with Crippen molar-refractivity contribution in [3.8, 4) is 11.5 Å². The number of hydrogen-bond donors (Lipinski definition) is 1. The largest absolute Gasteiger partial charge is 0.456 e. The van der Waals surface area contributed by atoms with Crippen molar-refractivity contribution < 1.29 is 9.13 Å². The molecule has 0 fully saturated rings. The first-order valence-electron chi connectivity index (χ1n) is 5.54. The number of rotatable bonds is 3. The van der Waals surface area contributed by atoms with E-state index in [4.69, 9.17) is 22.1 Å². The summed E-state index contributed by atoms with van der Waals surface area (Å²) < 4.78 is 18.4. The molecule has 2 aromatic carbocycles. The number of hydrogen-bond acceptors (Lipinski definition) is 2. The van der Waals surface area contributed by atoms with Gasteiger partial charge in [-0.05, 0) is 42.8 Å². The highest BCUT2D eigenvalue weighted by Gasteiger charge is 2.05. The van der Waals surface area contributed by atoms with Crippen molar-refractivity contribution in [2.75, 3.05) is 0 Å². The van der Waals surface area contributed by atoms with Gasteiger partial charge in [0.2, 0.25) is 0 Å². The van der Waals surface area contributed by atoms with Crippen LogP contribution in [-0.4, -0.2) is 0 Å². The third-order valence-electron chi connectivity index (χ3n) is 2.53. The number of halogens is 2. The first kappa shape index (κ1) is 12.9. The fourth-order valence-electron chi connectivity index (χ4n) is 1.52. The quantitative estimate of drug-likeness (QED) is 0.898. The van der Waals surface area contributed by atoms with Gasteiger partial charge in [-0.3, -0.25) is 0 Å². The molecule has 0 bridgehead atoms. The maximum atomic E-state index is 12.9. The van der Waals surface area contributed by atoms with Gasteiger partial charge in [0.25, 0.3) is 0 Å². The topological polar surface area (TPSA) is 35.2 Å². The van der Waals surface area contributed by atoms with Crippen LogP contribution in [0.25, 0.3) is 0 Å². The Kier molecular flexibility index (Phi) is 3.84. The van der Waals surface area contributed by atoms with Crippen molar-refractivity contribution >= 4 is 11.6 Å². The molecular weight excluding hydrogens is 253 g/mol. The molecule has 0 saturated heterocycles. The molecule has 0 saturated carbocycles. The molecule has 0 heterocycles. The molecule has 1 atom stereocenters. The van der Waals surface area contributed by atoms with Crippen LogP contribution in [0.3, 0.4) is 0 Å². The molecule has 2 aromatic rings. The minimum Gasteiger partial charge on any atom is -0.456 e. The van der Waals surface area contributed by atoms with Gasteiger partial charge in [0.1, 0.15) is 17.3 Å². The van der Waals surface area contributed by atoms with Gasteiger partial charge in [0.15, 0.2) is 0 Å². The average Bonchev–Trinajstić information content (AvgIpc) is 2.33. The molecule has 0 aliphatic carbocycles. The molecule has 0 aromatic heterocycles. The van der Waals surface area contributed by atoms with Crippen molar-refractivity contribution in [2.45, 2.75) is 13.0 Å². The van der Waals surface area contributed by atoms with Gasteiger partial charge < -0.3 is 10.5 Å². The Morgan fingerprint density at radius 2 is 1.83 bits per heavy atom. The maximum Gasteiger partial charge on any atom is 0.146 e. The molecule has 4 heteroatoms. The fourth-order valence-corrected chi connectivity index (χ4v) is 1.73. The van der Waals surface area contributed by atoms with E-state index in [2.05, 4.69) is 0 Å². The van der Waals surface area contributed by atoms with Crippen LogP contribution in [0.1, 0.15) is 18.5 Å². The highest BCUT2D eigenvalue weighted by molar-refractivity contribution is 6.32. The highest BCUT2D eigenvalue weighted by Crippen LogP contribution is 2.30. The predicted molar refractivity (Wildman–Crippen MR) is 70.5 cm³/mol. The van der Waals surface area contributed by atoms with Crippen molar-refractivity contribution in [3.05, 3.63) is 58.9 Å². The molecule has 94 valence electrons. The van der Waals surface area contributed by atoms with Crippen LogP contribution in [0.5, 0.6) is 11.5 Å². The van der Waals surface area contributed by atoms with Crippen LogP contribution in [0.15, 0.2) is 42.5 Å². The van der Waals surface area contributed by atoms with E-state index in [0.717, 1.165) is 5.56 Å². The molecule has 0 spiro atoms. The second-order valence-electron chi connectivity index (χ2n) is 4.03. The first-order chi connectivity index (χ1) is 8.56. The molecule has 0 radical (unpaired) electrons. The van der Waals surface area contributed by atoms with Gasteiger partial charge in [-0.15, -0.1) is 0 Å². The normalized spacial score (nSPS) is 12.2. The minimum absolute atomic E-state index is 0.0199. The molecular formula is C14H13ClFNO. The van der Waals surface area contributed by atoms with Crippen LogP contribution in [0, 0.1) is 5.82 Å². The van der Waals surface area contributed by atoms with Crippen molar-refractivity contribution in [2.24, 2.45) is 5.73 Å². The smallest absolute Gasteiger partial charge is 0.146 e. The summed E-state index contributed by atoms with van der Waals surface area (Å²) in [6.07, 6.45) is 0. The number of benzene rings is 2. The number of ether oxygens (including phenoxy) is 1. The summed E-state index contributed by atoms with van der Waals surface area (Å²) in [4.78, 5) is 0. The van der Waals surface area contributed by atoms with Gasteiger partial charge in [-0.2, -0.15) is 0 Å². The lowest BCUT2D eigenvalue weighted by Crippen LogP contribution is -2.04. The summed E-state index contributed by atoms with van der Waals surface area (Å²) in [6, 6.07) is 11.4. The van der Waals surface area contributed by atoms with Crippen LogP contribution in [0.4, 0.5) is 4.39 Å². The highest BCUT2D eigenvalue weighted by atomic mass is 35.5. The summed E-state index contributed by atoms with van der Waals surface area (Å²) in [5.74, 6) is 0.666. The third-order valence-corrected chi connectivity index (χ3v) is 2.82. The third kappa shape index (κ3) is 3.00. The van der Waals surface area contributed by atoms with Crippen molar-refractivity contribution in [3.63, 3.8) is 0 Å². The summed E-state index contributed by atoms with van der Waals surface area (Å²) in [5, 5.41) is 0.242. The van der Waals surface area contributed by atoms with E-state index in [1.165, 1.54) is 18.2 Å². The van der Waals surface area contributed by atoms with Crippen molar-refractivity contribution in [1.82, 2.24) is 0 Å². The van der Waals surface area contributed by atoms with E-state index in [-0.39, 0.29) is 16.9 Å². The summed E-state index contributed by atoms with van der Waals surface area (Å²) in [5.41, 5.74) is 6.77. The lowest BCUT2D eigenvalue weighted by atomic mass is 10.1. The monoisotopic (exact) mass is 265 g/mol. The second-order valence-corrected chi connectivity index (χ2v) is 4.44. The molecule has 0 aliphatic rings. The lowest BCUT2D eigenvalue weighted by Gasteiger charge is -2.09. The van der Waals surface area contributed by atoms with Gasteiger partial charge in [-0.1, -0.05) is 23.7 Å². The maximum absolute atomic E-state index is 12.9. The zero-order valence-corrected chi connectivity index (χ0v) is 10.6. The molecule has 18 heavy (non-hydrogen) atoms. The Balaban J connectivity index is 2.18. The van der Waals surface area contributed by atoms with E-state index in [0.29, 0.717) is 11.5 Å². The summed E-state index contributed by atoms with van der Waals surface area (Å²) in [6.45, 7) is 1.91. The Morgan fingerprint density at radius 3 is 2.39 bits per heavy atom. The van der Waals surface area contributed by atoms with Crippen LogP contribution >= 0.6 is 11.6 Å². The van der Waals surface area contributed by atoms with E-state index in [1.54, 1.807) is 12.1 Å². The zero-order chi connectivity index (χ0) is 13.1. The van der Waals surface area contributed by atoms with Crippen molar-refractivity contribution in [1.29, 1.82) is 0 Å². The predicted octanol–water partition coefficient (Wildman–Crippen LogP) is 4.29. The Morgan fingerprint density at radius 1 is 1.17 bits per heavy atom. The Hall–Kier alpha value is -1.58. The Labute approximate surface area is 110 Å². The van der Waals surface area contributed by atoms with E-state index in [1.807, 2.05) is 19.1 Å². The van der Waals surface area contributed by atoms with Crippen LogP contribution < -0.4 is 10.5 Å². The molecule has 2 rings (SSSR count).